The Morgan fingerprint density at radius 1 is 0.976 bits per heavy atom. The van der Waals surface area contributed by atoms with E-state index in [1.165, 1.54) is 0 Å². The number of halogens is 2. The predicted octanol–water partition coefficient (Wildman–Crippen LogP) is 6.13. The van der Waals surface area contributed by atoms with Crippen LogP contribution in [0.2, 0.25) is 10.0 Å². The van der Waals surface area contributed by atoms with E-state index in [2.05, 4.69) is 5.32 Å². The van der Waals surface area contributed by atoms with Crippen LogP contribution < -0.4 is 29.0 Å². The third-order valence-electron chi connectivity index (χ3n) is 7.54. The Labute approximate surface area is 255 Å². The van der Waals surface area contributed by atoms with Crippen molar-refractivity contribution in [3.8, 4) is 28.7 Å². The standard InChI is InChI=1S/C32H32Cl2N2O6/c1-38-29-15-22(33)4-9-28(29)40-13-12-39-24-7-2-20(3-8-24)25-10-11-35-17-26(25)32(37)36(23-5-6-23)18-21-14-30-31(16-27(21)34)42-19-41-30/h2-4,7-9,14-16,23,35H,5-6,10-13,17-19H2,1H3. The van der Waals surface area contributed by atoms with Crippen LogP contribution in [-0.2, 0) is 11.3 Å². The number of nitrogens with zero attached hydrogens (tertiary/aromatic N) is 1. The average molecular weight is 612 g/mol. The van der Waals surface area contributed by atoms with Crippen LogP contribution in [0.25, 0.3) is 5.57 Å². The van der Waals surface area contributed by atoms with E-state index in [1.807, 2.05) is 35.2 Å². The quantitative estimate of drug-likeness (QED) is 0.262. The lowest BCUT2D eigenvalue weighted by Gasteiger charge is -2.28. The minimum Gasteiger partial charge on any atom is -0.493 e. The maximum absolute atomic E-state index is 14.0. The highest BCUT2D eigenvalue weighted by Crippen LogP contribution is 2.39. The molecule has 0 saturated heterocycles. The van der Waals surface area contributed by atoms with Crippen molar-refractivity contribution in [2.24, 2.45) is 0 Å². The fourth-order valence-corrected chi connectivity index (χ4v) is 5.60. The molecule has 6 rings (SSSR count). The van der Waals surface area contributed by atoms with Crippen LogP contribution in [0.4, 0.5) is 0 Å². The molecule has 0 radical (unpaired) electrons. The first-order valence-corrected chi connectivity index (χ1v) is 14.8. The zero-order valence-corrected chi connectivity index (χ0v) is 24.8. The van der Waals surface area contributed by atoms with Gasteiger partial charge in [0.1, 0.15) is 19.0 Å². The van der Waals surface area contributed by atoms with Gasteiger partial charge in [-0.1, -0.05) is 35.3 Å². The third kappa shape index (κ3) is 6.41. The summed E-state index contributed by atoms with van der Waals surface area (Å²) in [6.45, 7) is 2.65. The van der Waals surface area contributed by atoms with E-state index in [9.17, 15) is 4.79 Å². The Balaban J connectivity index is 1.13. The second kappa shape index (κ2) is 12.7. The Bertz CT molecular complexity index is 1490. The predicted molar refractivity (Wildman–Crippen MR) is 161 cm³/mol. The first-order valence-electron chi connectivity index (χ1n) is 14.0. The molecule has 220 valence electrons. The first kappa shape index (κ1) is 28.5. The van der Waals surface area contributed by atoms with Crippen molar-refractivity contribution < 1.29 is 28.5 Å². The summed E-state index contributed by atoms with van der Waals surface area (Å²) in [5.41, 5.74) is 3.73. The van der Waals surface area contributed by atoms with Gasteiger partial charge >= 0.3 is 0 Å². The van der Waals surface area contributed by atoms with Crippen molar-refractivity contribution in [1.29, 1.82) is 0 Å². The molecule has 1 amide bonds. The molecule has 2 aliphatic heterocycles. The van der Waals surface area contributed by atoms with Gasteiger partial charge in [-0.15, -0.1) is 0 Å². The summed E-state index contributed by atoms with van der Waals surface area (Å²) in [7, 11) is 1.58. The lowest BCUT2D eigenvalue weighted by Crippen LogP contribution is -2.39. The molecule has 0 aromatic heterocycles. The highest BCUT2D eigenvalue weighted by Gasteiger charge is 2.36. The van der Waals surface area contributed by atoms with E-state index in [-0.39, 0.29) is 18.7 Å². The van der Waals surface area contributed by atoms with Crippen molar-refractivity contribution in [3.63, 3.8) is 0 Å². The molecule has 3 aliphatic rings. The van der Waals surface area contributed by atoms with E-state index >= 15 is 0 Å². The lowest BCUT2D eigenvalue weighted by molar-refractivity contribution is -0.128. The lowest BCUT2D eigenvalue weighted by atomic mass is 9.93. The molecule has 1 aliphatic carbocycles. The summed E-state index contributed by atoms with van der Waals surface area (Å²) in [4.78, 5) is 16.0. The molecule has 1 saturated carbocycles. The second-order valence-corrected chi connectivity index (χ2v) is 11.2. The topological polar surface area (TPSA) is 78.5 Å². The summed E-state index contributed by atoms with van der Waals surface area (Å²) in [5, 5.41) is 4.54. The summed E-state index contributed by atoms with van der Waals surface area (Å²) >= 11 is 12.6. The molecule has 1 N–H and O–H groups in total. The van der Waals surface area contributed by atoms with E-state index in [1.54, 1.807) is 31.4 Å². The maximum atomic E-state index is 14.0. The summed E-state index contributed by atoms with van der Waals surface area (Å²) in [6, 6.07) is 17.0. The number of ether oxygens (including phenoxy) is 5. The summed E-state index contributed by atoms with van der Waals surface area (Å²) in [6.07, 6.45) is 2.75. The molecule has 10 heteroatoms. The van der Waals surface area contributed by atoms with Gasteiger partial charge in [0, 0.05) is 46.9 Å². The number of amides is 1. The third-order valence-corrected chi connectivity index (χ3v) is 8.13. The Hall–Kier alpha value is -3.59. The first-order chi connectivity index (χ1) is 20.5. The molecular formula is C32H32Cl2N2O6. The fraction of sp³-hybridized carbons (Fsp3) is 0.344. The van der Waals surface area contributed by atoms with Crippen LogP contribution in [0.1, 0.15) is 30.4 Å². The normalized spacial score (nSPS) is 15.9. The molecule has 0 unspecified atom stereocenters. The maximum Gasteiger partial charge on any atom is 0.251 e. The van der Waals surface area contributed by atoms with E-state index < -0.39 is 0 Å². The molecule has 3 aromatic rings. The largest absolute Gasteiger partial charge is 0.493 e. The zero-order chi connectivity index (χ0) is 29.1. The fourth-order valence-electron chi connectivity index (χ4n) is 5.22. The molecule has 2 heterocycles. The van der Waals surface area contributed by atoms with Gasteiger partial charge in [0.15, 0.2) is 23.0 Å². The van der Waals surface area contributed by atoms with Gasteiger partial charge in [-0.05, 0) is 72.8 Å². The van der Waals surface area contributed by atoms with Crippen LogP contribution in [-0.4, -0.2) is 57.1 Å². The van der Waals surface area contributed by atoms with Crippen molar-refractivity contribution >= 4 is 34.7 Å². The van der Waals surface area contributed by atoms with Crippen LogP contribution in [0.5, 0.6) is 28.7 Å². The molecule has 1 fully saturated rings. The van der Waals surface area contributed by atoms with Gasteiger partial charge in [0.05, 0.1) is 7.11 Å². The molecule has 0 atom stereocenters. The molecule has 0 spiro atoms. The van der Waals surface area contributed by atoms with Gasteiger partial charge in [0.25, 0.3) is 5.91 Å². The monoisotopic (exact) mass is 610 g/mol. The molecule has 3 aromatic carbocycles. The van der Waals surface area contributed by atoms with Gasteiger partial charge < -0.3 is 33.9 Å². The van der Waals surface area contributed by atoms with Gasteiger partial charge in [-0.3, -0.25) is 4.79 Å². The van der Waals surface area contributed by atoms with E-state index in [4.69, 9.17) is 46.9 Å². The van der Waals surface area contributed by atoms with Crippen LogP contribution in [0, 0.1) is 0 Å². The summed E-state index contributed by atoms with van der Waals surface area (Å²) < 4.78 is 28.0. The smallest absolute Gasteiger partial charge is 0.251 e. The molecule has 0 bridgehead atoms. The Morgan fingerprint density at radius 2 is 1.74 bits per heavy atom. The Morgan fingerprint density at radius 3 is 2.50 bits per heavy atom. The average Bonchev–Trinajstić information content (AvgIpc) is 3.76. The number of rotatable bonds is 11. The SMILES string of the molecule is COc1cc(Cl)ccc1OCCOc1ccc(C2=C(C(=O)N(Cc3cc4c(cc3Cl)OCO4)C3CC3)CNCC2)cc1. The number of nitrogens with one attached hydrogen (secondary N) is 1. The second-order valence-electron chi connectivity index (χ2n) is 10.4. The number of carbonyl (C=O) groups is 1. The van der Waals surface area contributed by atoms with E-state index in [0.29, 0.717) is 59.3 Å². The minimum absolute atomic E-state index is 0.0449. The van der Waals surface area contributed by atoms with Crippen LogP contribution in [0.15, 0.2) is 60.2 Å². The number of methoxy groups -OCH3 is 1. The number of carbonyl (C=O) groups excluding carboxylic acids is 1. The van der Waals surface area contributed by atoms with Crippen molar-refractivity contribution in [3.05, 3.63) is 81.3 Å². The molecule has 42 heavy (non-hydrogen) atoms. The van der Waals surface area contributed by atoms with Gasteiger partial charge in [-0.2, -0.15) is 0 Å². The van der Waals surface area contributed by atoms with Crippen LogP contribution >= 0.6 is 23.2 Å². The van der Waals surface area contributed by atoms with E-state index in [0.717, 1.165) is 53.8 Å². The highest BCUT2D eigenvalue weighted by molar-refractivity contribution is 6.31. The van der Waals surface area contributed by atoms with Gasteiger partial charge in [0.2, 0.25) is 6.79 Å². The number of hydrogen-bond acceptors (Lipinski definition) is 7. The number of benzene rings is 3. The highest BCUT2D eigenvalue weighted by atomic mass is 35.5. The van der Waals surface area contributed by atoms with Crippen molar-refractivity contribution in [1.82, 2.24) is 10.2 Å². The van der Waals surface area contributed by atoms with Crippen molar-refractivity contribution in [2.75, 3.05) is 40.2 Å². The van der Waals surface area contributed by atoms with Crippen molar-refractivity contribution in [2.45, 2.75) is 31.8 Å². The Kier molecular flexibility index (Phi) is 8.65. The minimum atomic E-state index is 0.0449. The zero-order valence-electron chi connectivity index (χ0n) is 23.3. The summed E-state index contributed by atoms with van der Waals surface area (Å²) in [5.74, 6) is 3.25. The molecule has 8 nitrogen and oxygen atoms in total. The molecular weight excluding hydrogens is 579 g/mol. The van der Waals surface area contributed by atoms with Gasteiger partial charge in [-0.25, -0.2) is 0 Å². The van der Waals surface area contributed by atoms with Crippen LogP contribution in [0.3, 0.4) is 0 Å². The number of hydrogen-bond donors (Lipinski definition) is 1. The number of fused-ring (bicyclic) bond motifs is 1.